The van der Waals surface area contributed by atoms with Crippen LogP contribution in [0.5, 0.6) is 0 Å². The Labute approximate surface area is 188 Å². The van der Waals surface area contributed by atoms with E-state index in [4.69, 9.17) is 11.6 Å². The first kappa shape index (κ1) is 23.6. The molecule has 11 heteroatoms. The van der Waals surface area contributed by atoms with E-state index in [0.717, 1.165) is 12.3 Å². The van der Waals surface area contributed by atoms with E-state index in [-0.39, 0.29) is 28.8 Å². The zero-order valence-electron chi connectivity index (χ0n) is 17.5. The fourth-order valence-electron chi connectivity index (χ4n) is 3.25. The number of hydrogen-bond acceptors (Lipinski definition) is 4. The van der Waals surface area contributed by atoms with Crippen LogP contribution in [0, 0.1) is 0 Å². The largest absolute Gasteiger partial charge is 0.417 e. The quantitative estimate of drug-likeness (QED) is 0.702. The van der Waals surface area contributed by atoms with Crippen molar-refractivity contribution in [3.63, 3.8) is 0 Å². The van der Waals surface area contributed by atoms with Crippen molar-refractivity contribution >= 4 is 35.0 Å². The van der Waals surface area contributed by atoms with Gasteiger partial charge in [-0.3, -0.25) is 4.79 Å². The van der Waals surface area contributed by atoms with Crippen LogP contribution in [-0.2, 0) is 6.18 Å². The van der Waals surface area contributed by atoms with E-state index >= 15 is 0 Å². The zero-order chi connectivity index (χ0) is 23.5. The Morgan fingerprint density at radius 2 is 1.72 bits per heavy atom. The Morgan fingerprint density at radius 1 is 1.09 bits per heavy atom. The summed E-state index contributed by atoms with van der Waals surface area (Å²) in [7, 11) is 0. The lowest BCUT2D eigenvalue weighted by Gasteiger charge is -2.35. The Kier molecular flexibility index (Phi) is 7.12. The van der Waals surface area contributed by atoms with Crippen LogP contribution in [0.1, 0.15) is 29.8 Å². The molecule has 1 aliphatic rings. The molecule has 0 atom stereocenters. The molecule has 2 aromatic rings. The number of benzene rings is 1. The van der Waals surface area contributed by atoms with E-state index in [1.165, 1.54) is 0 Å². The third kappa shape index (κ3) is 5.82. The van der Waals surface area contributed by atoms with Gasteiger partial charge in [-0.1, -0.05) is 11.6 Å². The van der Waals surface area contributed by atoms with Crippen LogP contribution in [0.3, 0.4) is 0 Å². The minimum Gasteiger partial charge on any atom is -0.352 e. The molecule has 0 saturated carbocycles. The highest BCUT2D eigenvalue weighted by molar-refractivity contribution is 6.33. The normalized spacial score (nSPS) is 14.5. The summed E-state index contributed by atoms with van der Waals surface area (Å²) >= 11 is 6.02. The molecule has 3 amide bonds. The predicted octanol–water partition coefficient (Wildman–Crippen LogP) is 4.25. The SMILES string of the molecule is CC(C)NC(=O)Nc1ccc(C(=O)N2CCN(c3ncc(C(F)(F)F)cc3Cl)CC2)cc1. The standard InChI is InChI=1S/C21H23ClF3N5O2/c1-13(2)27-20(32)28-16-5-3-14(4-6-16)19(31)30-9-7-29(8-10-30)18-17(22)11-15(12-26-18)21(23,24)25/h3-6,11-13H,7-10H2,1-2H3,(H2,27,28,32). The van der Waals surface area contributed by atoms with Gasteiger partial charge in [0.1, 0.15) is 5.82 Å². The topological polar surface area (TPSA) is 77.6 Å². The number of anilines is 2. The molecule has 2 heterocycles. The van der Waals surface area contributed by atoms with Crippen molar-refractivity contribution in [2.75, 3.05) is 36.4 Å². The van der Waals surface area contributed by atoms with Gasteiger partial charge in [0.25, 0.3) is 5.91 Å². The highest BCUT2D eigenvalue weighted by Crippen LogP contribution is 2.33. The van der Waals surface area contributed by atoms with Gasteiger partial charge in [0.2, 0.25) is 0 Å². The Morgan fingerprint density at radius 3 is 2.25 bits per heavy atom. The second-order valence-corrected chi connectivity index (χ2v) is 8.04. The van der Waals surface area contributed by atoms with Gasteiger partial charge in [-0.25, -0.2) is 9.78 Å². The minimum atomic E-state index is -4.51. The Hall–Kier alpha value is -3.01. The molecule has 7 nitrogen and oxygen atoms in total. The van der Waals surface area contributed by atoms with Crippen LogP contribution >= 0.6 is 11.6 Å². The highest BCUT2D eigenvalue weighted by Gasteiger charge is 2.32. The van der Waals surface area contributed by atoms with Crippen molar-refractivity contribution in [3.8, 4) is 0 Å². The van der Waals surface area contributed by atoms with E-state index in [1.807, 2.05) is 13.8 Å². The van der Waals surface area contributed by atoms with Crippen LogP contribution in [0.2, 0.25) is 5.02 Å². The number of carbonyl (C=O) groups excluding carboxylic acids is 2. The molecule has 1 aromatic heterocycles. The fraction of sp³-hybridized carbons (Fsp3) is 0.381. The van der Waals surface area contributed by atoms with Crippen LogP contribution in [0.25, 0.3) is 0 Å². The molecule has 0 spiro atoms. The van der Waals surface area contributed by atoms with Crippen molar-refractivity contribution < 1.29 is 22.8 Å². The maximum Gasteiger partial charge on any atom is 0.417 e. The van der Waals surface area contributed by atoms with Gasteiger partial charge in [0, 0.05) is 49.7 Å². The molecule has 1 aliphatic heterocycles. The average molecular weight is 470 g/mol. The second-order valence-electron chi connectivity index (χ2n) is 7.64. The number of halogens is 4. The maximum absolute atomic E-state index is 12.8. The van der Waals surface area contributed by atoms with Gasteiger partial charge in [-0.2, -0.15) is 13.2 Å². The van der Waals surface area contributed by atoms with Crippen LogP contribution in [-0.4, -0.2) is 54.0 Å². The average Bonchev–Trinajstić information content (AvgIpc) is 2.72. The van der Waals surface area contributed by atoms with Crippen LogP contribution in [0.4, 0.5) is 29.5 Å². The predicted molar refractivity (Wildman–Crippen MR) is 116 cm³/mol. The van der Waals surface area contributed by atoms with Crippen LogP contribution in [0.15, 0.2) is 36.5 Å². The molecule has 0 aliphatic carbocycles. The van der Waals surface area contributed by atoms with Gasteiger partial charge in [-0.15, -0.1) is 0 Å². The van der Waals surface area contributed by atoms with E-state index in [1.54, 1.807) is 34.1 Å². The summed E-state index contributed by atoms with van der Waals surface area (Å²) < 4.78 is 38.4. The summed E-state index contributed by atoms with van der Waals surface area (Å²) in [5.41, 5.74) is 0.131. The molecule has 3 rings (SSSR count). The summed E-state index contributed by atoms with van der Waals surface area (Å²) in [4.78, 5) is 31.8. The Bertz CT molecular complexity index is 974. The fourth-order valence-corrected chi connectivity index (χ4v) is 3.53. The molecule has 0 unspecified atom stereocenters. The number of piperazine rings is 1. The monoisotopic (exact) mass is 469 g/mol. The lowest BCUT2D eigenvalue weighted by molar-refractivity contribution is -0.137. The first-order chi connectivity index (χ1) is 15.0. The zero-order valence-corrected chi connectivity index (χ0v) is 18.3. The number of nitrogens with zero attached hydrogens (tertiary/aromatic N) is 3. The van der Waals surface area contributed by atoms with Crippen molar-refractivity contribution in [2.45, 2.75) is 26.1 Å². The number of pyridine rings is 1. The van der Waals surface area contributed by atoms with E-state index in [0.29, 0.717) is 37.4 Å². The first-order valence-corrected chi connectivity index (χ1v) is 10.4. The molecular weight excluding hydrogens is 447 g/mol. The maximum atomic E-state index is 12.8. The number of nitrogens with one attached hydrogen (secondary N) is 2. The number of amides is 3. The number of urea groups is 1. The number of carbonyl (C=O) groups is 2. The smallest absolute Gasteiger partial charge is 0.352 e. The van der Waals surface area contributed by atoms with Gasteiger partial charge in [0.05, 0.1) is 10.6 Å². The summed E-state index contributed by atoms with van der Waals surface area (Å²) in [5, 5.41) is 5.32. The first-order valence-electron chi connectivity index (χ1n) is 9.99. The summed E-state index contributed by atoms with van der Waals surface area (Å²) in [6, 6.07) is 7.10. The van der Waals surface area contributed by atoms with E-state index < -0.39 is 11.7 Å². The van der Waals surface area contributed by atoms with Crippen LogP contribution < -0.4 is 15.5 Å². The number of alkyl halides is 3. The Balaban J connectivity index is 1.58. The molecule has 0 radical (unpaired) electrons. The third-order valence-corrected chi connectivity index (χ3v) is 5.10. The molecule has 2 N–H and O–H groups in total. The van der Waals surface area contributed by atoms with E-state index in [2.05, 4.69) is 15.6 Å². The lowest BCUT2D eigenvalue weighted by atomic mass is 10.1. The second kappa shape index (κ2) is 9.64. The van der Waals surface area contributed by atoms with Crippen molar-refractivity contribution in [2.24, 2.45) is 0 Å². The third-order valence-electron chi connectivity index (χ3n) is 4.82. The van der Waals surface area contributed by atoms with Gasteiger partial charge in [-0.05, 0) is 44.2 Å². The minimum absolute atomic E-state index is 0.00201. The summed E-state index contributed by atoms with van der Waals surface area (Å²) in [6.45, 7) is 5.21. The molecule has 32 heavy (non-hydrogen) atoms. The molecule has 172 valence electrons. The molecule has 1 fully saturated rings. The number of rotatable bonds is 4. The van der Waals surface area contributed by atoms with Gasteiger partial charge >= 0.3 is 12.2 Å². The van der Waals surface area contributed by atoms with Gasteiger partial charge < -0.3 is 20.4 Å². The number of hydrogen-bond donors (Lipinski definition) is 2. The van der Waals surface area contributed by atoms with Gasteiger partial charge in [0.15, 0.2) is 0 Å². The highest BCUT2D eigenvalue weighted by atomic mass is 35.5. The van der Waals surface area contributed by atoms with Crippen molar-refractivity contribution in [1.29, 1.82) is 0 Å². The molecular formula is C21H23ClF3N5O2. The number of aromatic nitrogens is 1. The lowest BCUT2D eigenvalue weighted by Crippen LogP contribution is -2.49. The van der Waals surface area contributed by atoms with Crippen molar-refractivity contribution in [1.82, 2.24) is 15.2 Å². The van der Waals surface area contributed by atoms with Crippen molar-refractivity contribution in [3.05, 3.63) is 52.7 Å². The summed E-state index contributed by atoms with van der Waals surface area (Å²) in [5.74, 6) is 0.0937. The molecule has 0 bridgehead atoms. The molecule has 1 saturated heterocycles. The molecule has 1 aromatic carbocycles. The van der Waals surface area contributed by atoms with E-state index in [9.17, 15) is 22.8 Å². The summed E-state index contributed by atoms with van der Waals surface area (Å²) in [6.07, 6.45) is -3.75.